The maximum atomic E-state index is 12.9. The molecule has 0 aromatic heterocycles. The fourth-order valence-corrected chi connectivity index (χ4v) is 2.44. The van der Waals surface area contributed by atoms with Crippen molar-refractivity contribution in [3.63, 3.8) is 0 Å². The lowest BCUT2D eigenvalue weighted by Gasteiger charge is -2.15. The van der Waals surface area contributed by atoms with Gasteiger partial charge in [-0.25, -0.2) is 21.9 Å². The van der Waals surface area contributed by atoms with E-state index in [1.54, 1.807) is 4.72 Å². The highest BCUT2D eigenvalue weighted by molar-refractivity contribution is 7.89. The summed E-state index contributed by atoms with van der Waals surface area (Å²) < 4.78 is 87.2. The predicted molar refractivity (Wildman–Crippen MR) is 72.6 cm³/mol. The van der Waals surface area contributed by atoms with Gasteiger partial charge in [-0.2, -0.15) is 13.2 Å². The van der Waals surface area contributed by atoms with Crippen molar-refractivity contribution in [3.05, 3.63) is 29.8 Å². The minimum Gasteiger partial charge on any atom is -0.325 e. The summed E-state index contributed by atoms with van der Waals surface area (Å²) in [6.07, 6.45) is -5.62. The highest BCUT2D eigenvalue weighted by Gasteiger charge is 2.30. The maximum Gasteiger partial charge on any atom is 0.393 e. The number of sulfonamides is 1. The number of alkyl halides is 5. The SMILES string of the molecule is Cl.NCC(F)(F)CNS(=O)(=O)c1ccc(CC(F)(F)F)cc1. The van der Waals surface area contributed by atoms with Crippen molar-refractivity contribution in [2.45, 2.75) is 23.4 Å². The van der Waals surface area contributed by atoms with Crippen molar-refractivity contribution < 1.29 is 30.4 Å². The second-order valence-electron chi connectivity index (χ2n) is 4.32. The van der Waals surface area contributed by atoms with Crippen molar-refractivity contribution >= 4 is 22.4 Å². The molecule has 0 bridgehead atoms. The van der Waals surface area contributed by atoms with E-state index in [2.05, 4.69) is 0 Å². The van der Waals surface area contributed by atoms with Crippen molar-refractivity contribution in [1.29, 1.82) is 0 Å². The molecule has 0 atom stereocenters. The molecule has 3 N–H and O–H groups in total. The van der Waals surface area contributed by atoms with E-state index < -0.39 is 46.5 Å². The first-order chi connectivity index (χ1) is 9.45. The first-order valence-electron chi connectivity index (χ1n) is 5.68. The molecule has 0 unspecified atom stereocenters. The van der Waals surface area contributed by atoms with Crippen LogP contribution in [0.3, 0.4) is 0 Å². The summed E-state index contributed by atoms with van der Waals surface area (Å²) >= 11 is 0. The topological polar surface area (TPSA) is 72.2 Å². The molecule has 128 valence electrons. The van der Waals surface area contributed by atoms with Gasteiger partial charge >= 0.3 is 6.18 Å². The summed E-state index contributed by atoms with van der Waals surface area (Å²) in [5.41, 5.74) is 4.63. The Bertz CT molecular complexity index is 575. The third kappa shape index (κ3) is 6.86. The molecule has 11 heteroatoms. The molecule has 0 saturated heterocycles. The predicted octanol–water partition coefficient (Wildman–Crippen LogP) is 2.09. The van der Waals surface area contributed by atoms with E-state index in [9.17, 15) is 30.4 Å². The fraction of sp³-hybridized carbons (Fsp3) is 0.455. The Morgan fingerprint density at radius 3 is 1.95 bits per heavy atom. The fourth-order valence-electron chi connectivity index (χ4n) is 1.37. The first kappa shape index (κ1) is 21.0. The minimum atomic E-state index is -4.41. The minimum absolute atomic E-state index is 0. The summed E-state index contributed by atoms with van der Waals surface area (Å²) in [5, 5.41) is 0. The van der Waals surface area contributed by atoms with Gasteiger partial charge in [0.2, 0.25) is 10.0 Å². The molecule has 0 aliphatic carbocycles. The van der Waals surface area contributed by atoms with E-state index >= 15 is 0 Å². The van der Waals surface area contributed by atoms with Crippen LogP contribution in [0, 0.1) is 0 Å². The van der Waals surface area contributed by atoms with Crippen LogP contribution in [0.1, 0.15) is 5.56 Å². The Kier molecular flexibility index (Phi) is 7.20. The van der Waals surface area contributed by atoms with Gasteiger partial charge in [0.25, 0.3) is 5.92 Å². The van der Waals surface area contributed by atoms with Gasteiger partial charge in [-0.05, 0) is 17.7 Å². The van der Waals surface area contributed by atoms with Crippen LogP contribution >= 0.6 is 12.4 Å². The number of halogens is 6. The average molecular weight is 369 g/mol. The molecule has 0 spiro atoms. The van der Waals surface area contributed by atoms with Gasteiger partial charge in [0.15, 0.2) is 0 Å². The van der Waals surface area contributed by atoms with Crippen LogP contribution in [0.25, 0.3) is 0 Å². The Balaban J connectivity index is 0.00000441. The van der Waals surface area contributed by atoms with Gasteiger partial charge in [-0.3, -0.25) is 0 Å². The van der Waals surface area contributed by atoms with Crippen LogP contribution in [0.2, 0.25) is 0 Å². The maximum absolute atomic E-state index is 12.9. The van der Waals surface area contributed by atoms with Crippen molar-refractivity contribution in [3.8, 4) is 0 Å². The standard InChI is InChI=1S/C11H13F5N2O2S.ClH/c12-10(13,6-17)7-18-21(19,20)9-3-1-8(2-4-9)5-11(14,15)16;/h1-4,18H,5-7,17H2;1H. The first-order valence-corrected chi connectivity index (χ1v) is 7.17. The van der Waals surface area contributed by atoms with Gasteiger partial charge in [0.1, 0.15) is 0 Å². The lowest BCUT2D eigenvalue weighted by Crippen LogP contribution is -2.41. The quantitative estimate of drug-likeness (QED) is 0.755. The molecule has 0 amide bonds. The monoisotopic (exact) mass is 368 g/mol. The molecule has 0 heterocycles. The van der Waals surface area contributed by atoms with Crippen LogP contribution in [0.15, 0.2) is 29.2 Å². The number of benzene rings is 1. The summed E-state index contributed by atoms with van der Waals surface area (Å²) in [4.78, 5) is -0.402. The summed E-state index contributed by atoms with van der Waals surface area (Å²) in [7, 11) is -4.23. The number of rotatable bonds is 6. The zero-order chi connectivity index (χ0) is 16.3. The van der Waals surface area contributed by atoms with Crippen LogP contribution in [0.4, 0.5) is 22.0 Å². The Morgan fingerprint density at radius 1 is 1.05 bits per heavy atom. The van der Waals surface area contributed by atoms with Gasteiger partial charge in [0, 0.05) is 0 Å². The van der Waals surface area contributed by atoms with E-state index in [0.717, 1.165) is 24.3 Å². The van der Waals surface area contributed by atoms with Gasteiger partial charge in [-0.1, -0.05) is 12.1 Å². The van der Waals surface area contributed by atoms with Crippen molar-refractivity contribution in [2.75, 3.05) is 13.1 Å². The number of hydrogen-bond acceptors (Lipinski definition) is 3. The van der Waals surface area contributed by atoms with Crippen LogP contribution in [-0.4, -0.2) is 33.6 Å². The summed E-state index contributed by atoms with van der Waals surface area (Å²) in [6.45, 7) is -2.21. The Labute approximate surface area is 130 Å². The molecule has 0 fully saturated rings. The number of hydrogen-bond donors (Lipinski definition) is 2. The van der Waals surface area contributed by atoms with E-state index in [0.29, 0.717) is 0 Å². The smallest absolute Gasteiger partial charge is 0.325 e. The third-order valence-electron chi connectivity index (χ3n) is 2.46. The lowest BCUT2D eigenvalue weighted by molar-refractivity contribution is -0.127. The zero-order valence-corrected chi connectivity index (χ0v) is 12.7. The van der Waals surface area contributed by atoms with E-state index in [4.69, 9.17) is 5.73 Å². The van der Waals surface area contributed by atoms with E-state index in [-0.39, 0.29) is 18.0 Å². The number of nitrogens with one attached hydrogen (secondary N) is 1. The van der Waals surface area contributed by atoms with Crippen molar-refractivity contribution in [2.24, 2.45) is 5.73 Å². The molecular weight excluding hydrogens is 355 g/mol. The number of nitrogens with two attached hydrogens (primary N) is 1. The molecule has 1 aromatic carbocycles. The molecule has 1 aromatic rings. The highest BCUT2D eigenvalue weighted by atomic mass is 35.5. The molecule has 0 radical (unpaired) electrons. The second-order valence-corrected chi connectivity index (χ2v) is 6.09. The van der Waals surface area contributed by atoms with E-state index in [1.165, 1.54) is 0 Å². The molecule has 0 aliphatic rings. The zero-order valence-electron chi connectivity index (χ0n) is 11.0. The molecule has 1 rings (SSSR count). The van der Waals surface area contributed by atoms with Crippen LogP contribution < -0.4 is 10.5 Å². The molecule has 22 heavy (non-hydrogen) atoms. The Hall–Kier alpha value is -0.970. The van der Waals surface area contributed by atoms with Crippen LogP contribution in [-0.2, 0) is 16.4 Å². The lowest BCUT2D eigenvalue weighted by atomic mass is 10.1. The second kappa shape index (κ2) is 7.53. The summed E-state index contributed by atoms with van der Waals surface area (Å²) in [6, 6.07) is 3.79. The molecule has 0 aliphatic heterocycles. The van der Waals surface area contributed by atoms with Gasteiger partial charge in [0.05, 0.1) is 24.4 Å². The van der Waals surface area contributed by atoms with Crippen LogP contribution in [0.5, 0.6) is 0 Å². The Morgan fingerprint density at radius 2 is 1.55 bits per heavy atom. The molecular formula is C11H14ClF5N2O2S. The average Bonchev–Trinajstić information content (AvgIpc) is 2.35. The normalized spacial score (nSPS) is 12.8. The third-order valence-corrected chi connectivity index (χ3v) is 3.87. The van der Waals surface area contributed by atoms with E-state index in [1.807, 2.05) is 0 Å². The van der Waals surface area contributed by atoms with Gasteiger partial charge < -0.3 is 5.73 Å². The molecule has 4 nitrogen and oxygen atoms in total. The van der Waals surface area contributed by atoms with Crippen molar-refractivity contribution in [1.82, 2.24) is 4.72 Å². The summed E-state index contributed by atoms with van der Waals surface area (Å²) in [5.74, 6) is -3.40. The van der Waals surface area contributed by atoms with Gasteiger partial charge in [-0.15, -0.1) is 12.4 Å². The molecule has 0 saturated carbocycles. The largest absolute Gasteiger partial charge is 0.393 e. The highest BCUT2D eigenvalue weighted by Crippen LogP contribution is 2.22.